The fourth-order valence-electron chi connectivity index (χ4n) is 1.68. The summed E-state index contributed by atoms with van der Waals surface area (Å²) in [6, 6.07) is 0. The number of hydrogen-bond acceptors (Lipinski definition) is 6. The first kappa shape index (κ1) is 12.3. The predicted octanol–water partition coefficient (Wildman–Crippen LogP) is 0.736. The van der Waals surface area contributed by atoms with Crippen molar-refractivity contribution in [2.75, 3.05) is 32.1 Å². The van der Waals surface area contributed by atoms with Gasteiger partial charge in [-0.1, -0.05) is 11.3 Å². The lowest BCUT2D eigenvalue weighted by Gasteiger charge is -2.21. The van der Waals surface area contributed by atoms with Crippen LogP contribution in [0, 0.1) is 5.92 Å². The van der Waals surface area contributed by atoms with E-state index in [0.29, 0.717) is 22.6 Å². The van der Waals surface area contributed by atoms with E-state index in [1.54, 1.807) is 7.05 Å². The number of carbonyl (C=O) groups excluding carboxylic acids is 1. The third kappa shape index (κ3) is 3.37. The molecule has 0 aromatic carbocycles. The summed E-state index contributed by atoms with van der Waals surface area (Å²) >= 11 is 1.26. The van der Waals surface area contributed by atoms with Crippen molar-refractivity contribution in [3.05, 3.63) is 5.01 Å². The average molecular weight is 256 g/mol. The van der Waals surface area contributed by atoms with Gasteiger partial charge < -0.3 is 15.4 Å². The molecule has 0 unspecified atom stereocenters. The molecule has 0 atom stereocenters. The van der Waals surface area contributed by atoms with Crippen LogP contribution >= 0.6 is 11.3 Å². The van der Waals surface area contributed by atoms with Crippen LogP contribution in [0.1, 0.15) is 22.6 Å². The third-order valence-electron chi connectivity index (χ3n) is 2.73. The highest BCUT2D eigenvalue weighted by atomic mass is 32.1. The first-order valence-electron chi connectivity index (χ1n) is 5.67. The molecule has 7 heteroatoms. The number of rotatable bonds is 4. The van der Waals surface area contributed by atoms with Crippen molar-refractivity contribution in [3.8, 4) is 0 Å². The fraction of sp³-hybridized carbons (Fsp3) is 0.700. The van der Waals surface area contributed by atoms with Crippen molar-refractivity contribution < 1.29 is 9.53 Å². The van der Waals surface area contributed by atoms with Crippen LogP contribution in [-0.4, -0.2) is 42.9 Å². The third-order valence-corrected chi connectivity index (χ3v) is 3.66. The minimum Gasteiger partial charge on any atom is -0.381 e. The predicted molar refractivity (Wildman–Crippen MR) is 65.3 cm³/mol. The molecule has 1 amide bonds. The van der Waals surface area contributed by atoms with E-state index in [1.165, 1.54) is 11.3 Å². The van der Waals surface area contributed by atoms with Crippen LogP contribution in [0.5, 0.6) is 0 Å². The molecule has 2 N–H and O–H groups in total. The molecule has 1 aromatic rings. The quantitative estimate of drug-likeness (QED) is 0.831. The van der Waals surface area contributed by atoms with Gasteiger partial charge in [0.25, 0.3) is 5.91 Å². The lowest BCUT2D eigenvalue weighted by molar-refractivity contribution is 0.0642. The molecule has 1 saturated heterocycles. The van der Waals surface area contributed by atoms with Gasteiger partial charge in [0.1, 0.15) is 0 Å². The Morgan fingerprint density at radius 3 is 2.88 bits per heavy atom. The van der Waals surface area contributed by atoms with Crippen molar-refractivity contribution in [1.82, 2.24) is 15.5 Å². The van der Waals surface area contributed by atoms with Crippen LogP contribution in [0.4, 0.5) is 5.13 Å². The Balaban J connectivity index is 1.80. The number of nitrogens with zero attached hydrogens (tertiary/aromatic N) is 2. The van der Waals surface area contributed by atoms with Crippen LogP contribution in [-0.2, 0) is 4.74 Å². The molecule has 2 rings (SSSR count). The number of hydrogen-bond donors (Lipinski definition) is 2. The van der Waals surface area contributed by atoms with E-state index >= 15 is 0 Å². The highest BCUT2D eigenvalue weighted by Gasteiger charge is 2.17. The van der Waals surface area contributed by atoms with Crippen LogP contribution in [0.25, 0.3) is 0 Å². The van der Waals surface area contributed by atoms with Gasteiger partial charge in [0.15, 0.2) is 0 Å². The molecule has 17 heavy (non-hydrogen) atoms. The van der Waals surface area contributed by atoms with Crippen LogP contribution in [0.3, 0.4) is 0 Å². The molecule has 1 fully saturated rings. The van der Waals surface area contributed by atoms with Crippen LogP contribution in [0.2, 0.25) is 0 Å². The van der Waals surface area contributed by atoms with E-state index in [0.717, 1.165) is 26.1 Å². The van der Waals surface area contributed by atoms with Gasteiger partial charge >= 0.3 is 0 Å². The summed E-state index contributed by atoms with van der Waals surface area (Å²) in [7, 11) is 1.75. The Bertz CT molecular complexity index is 376. The second-order valence-electron chi connectivity index (χ2n) is 3.93. The first-order valence-corrected chi connectivity index (χ1v) is 6.48. The zero-order chi connectivity index (χ0) is 12.1. The molecular formula is C10H16N4O2S. The van der Waals surface area contributed by atoms with Gasteiger partial charge in [-0.05, 0) is 18.8 Å². The van der Waals surface area contributed by atoms with Crippen molar-refractivity contribution >= 4 is 22.4 Å². The van der Waals surface area contributed by atoms with Gasteiger partial charge in [0.05, 0.1) is 0 Å². The number of carbonyl (C=O) groups is 1. The SMILES string of the molecule is CNc1nnc(C(=O)NCC2CCOCC2)s1. The van der Waals surface area contributed by atoms with Crippen LogP contribution < -0.4 is 10.6 Å². The molecule has 0 bridgehead atoms. The molecule has 94 valence electrons. The minimum absolute atomic E-state index is 0.143. The number of nitrogens with one attached hydrogen (secondary N) is 2. The number of aromatic nitrogens is 2. The Kier molecular flexibility index (Phi) is 4.27. The molecule has 0 saturated carbocycles. The summed E-state index contributed by atoms with van der Waals surface area (Å²) in [6.45, 7) is 2.28. The normalized spacial score (nSPS) is 16.8. The molecule has 6 nitrogen and oxygen atoms in total. The lowest BCUT2D eigenvalue weighted by atomic mass is 10.0. The Morgan fingerprint density at radius 1 is 1.47 bits per heavy atom. The topological polar surface area (TPSA) is 76.1 Å². The van der Waals surface area contributed by atoms with Gasteiger partial charge in [0, 0.05) is 26.8 Å². The summed E-state index contributed by atoms with van der Waals surface area (Å²) in [5.41, 5.74) is 0. The summed E-state index contributed by atoms with van der Waals surface area (Å²) in [4.78, 5) is 11.8. The van der Waals surface area contributed by atoms with E-state index in [1.807, 2.05) is 0 Å². The Morgan fingerprint density at radius 2 is 2.24 bits per heavy atom. The van der Waals surface area contributed by atoms with Crippen molar-refractivity contribution in [2.45, 2.75) is 12.8 Å². The molecule has 0 aliphatic carbocycles. The van der Waals surface area contributed by atoms with E-state index in [9.17, 15) is 4.79 Å². The Hall–Kier alpha value is -1.21. The number of anilines is 1. The average Bonchev–Trinajstić information content (AvgIpc) is 2.86. The minimum atomic E-state index is -0.143. The van der Waals surface area contributed by atoms with Gasteiger partial charge in [-0.15, -0.1) is 10.2 Å². The highest BCUT2D eigenvalue weighted by molar-refractivity contribution is 7.17. The maximum Gasteiger partial charge on any atom is 0.282 e. The van der Waals surface area contributed by atoms with Crippen molar-refractivity contribution in [1.29, 1.82) is 0 Å². The Labute approximate surface area is 104 Å². The fourth-order valence-corrected chi connectivity index (χ4v) is 2.29. The summed E-state index contributed by atoms with van der Waals surface area (Å²) < 4.78 is 5.27. The van der Waals surface area contributed by atoms with E-state index in [2.05, 4.69) is 20.8 Å². The standard InChI is InChI=1S/C10H16N4O2S/c1-11-10-14-13-9(17-10)8(15)12-6-7-2-4-16-5-3-7/h7H,2-6H2,1H3,(H,11,14)(H,12,15). The summed E-state index contributed by atoms with van der Waals surface area (Å²) in [6.07, 6.45) is 2.02. The smallest absolute Gasteiger partial charge is 0.282 e. The zero-order valence-corrected chi connectivity index (χ0v) is 10.5. The zero-order valence-electron chi connectivity index (χ0n) is 9.73. The van der Waals surface area contributed by atoms with Gasteiger partial charge in [0.2, 0.25) is 10.1 Å². The van der Waals surface area contributed by atoms with Crippen molar-refractivity contribution in [3.63, 3.8) is 0 Å². The maximum atomic E-state index is 11.8. The number of amides is 1. The van der Waals surface area contributed by atoms with E-state index in [-0.39, 0.29) is 5.91 Å². The molecule has 1 aliphatic rings. The molecule has 2 heterocycles. The van der Waals surface area contributed by atoms with Gasteiger partial charge in [-0.25, -0.2) is 0 Å². The molecule has 0 radical (unpaired) electrons. The first-order chi connectivity index (χ1) is 8.29. The summed E-state index contributed by atoms with van der Waals surface area (Å²) in [5.74, 6) is 0.375. The van der Waals surface area contributed by atoms with Crippen molar-refractivity contribution in [2.24, 2.45) is 5.92 Å². The number of ether oxygens (including phenoxy) is 1. The molecular weight excluding hydrogens is 240 g/mol. The van der Waals surface area contributed by atoms with Gasteiger partial charge in [-0.3, -0.25) is 4.79 Å². The monoisotopic (exact) mass is 256 g/mol. The summed E-state index contributed by atoms with van der Waals surface area (Å²) in [5, 5.41) is 14.5. The highest BCUT2D eigenvalue weighted by Crippen LogP contribution is 2.15. The molecule has 0 spiro atoms. The maximum absolute atomic E-state index is 11.8. The van der Waals surface area contributed by atoms with Gasteiger partial charge in [-0.2, -0.15) is 0 Å². The second-order valence-corrected chi connectivity index (χ2v) is 4.91. The largest absolute Gasteiger partial charge is 0.381 e. The lowest BCUT2D eigenvalue weighted by Crippen LogP contribution is -2.32. The molecule has 1 aliphatic heterocycles. The van der Waals surface area contributed by atoms with Crippen LogP contribution in [0.15, 0.2) is 0 Å². The van der Waals surface area contributed by atoms with E-state index < -0.39 is 0 Å². The van der Waals surface area contributed by atoms with E-state index in [4.69, 9.17) is 4.74 Å². The second kappa shape index (κ2) is 5.92. The molecule has 1 aromatic heterocycles.